The zero-order chi connectivity index (χ0) is 28.4. The van der Waals surface area contributed by atoms with E-state index in [1.165, 1.54) is 60.3 Å². The first-order chi connectivity index (χ1) is 19.2. The van der Waals surface area contributed by atoms with Crippen LogP contribution in [0.1, 0.15) is 5.56 Å². The lowest BCUT2D eigenvalue weighted by atomic mass is 10.1. The van der Waals surface area contributed by atoms with Crippen LogP contribution < -0.4 is 24.5 Å². The Morgan fingerprint density at radius 3 is 2.30 bits per heavy atom. The standard InChI is InChI=1S/C26H24N6O6S2/c1-31-26(33)22(25-29-28-24(39-25)16-8-6-5-7-9-16)23-27-14-17(15-32(23)31)30-40(34,35)11-10-19-20(37-3)12-18(36-2)13-21(19)38-4/h5-15,30H,1-4H3/b11-10+. The molecule has 0 saturated heterocycles. The maximum atomic E-state index is 13.1. The van der Waals surface area contributed by atoms with Crippen LogP contribution in [0.3, 0.4) is 0 Å². The lowest BCUT2D eigenvalue weighted by Crippen LogP contribution is -2.16. The van der Waals surface area contributed by atoms with Crippen LogP contribution in [0.4, 0.5) is 5.69 Å². The molecule has 0 aliphatic carbocycles. The van der Waals surface area contributed by atoms with E-state index in [1.807, 2.05) is 30.3 Å². The SMILES string of the molecule is COc1cc(OC)c(/C=C/S(=O)(=O)Nc2cnc3c(-c4nnc(-c5ccccc5)s4)c(=O)n(C)n3c2)c(OC)c1. The van der Waals surface area contributed by atoms with Crippen LogP contribution in [-0.4, -0.2) is 54.1 Å². The number of fused-ring (bicyclic) bond motifs is 1. The highest BCUT2D eigenvalue weighted by Gasteiger charge is 2.21. The molecular weight excluding hydrogens is 556 g/mol. The molecule has 40 heavy (non-hydrogen) atoms. The Bertz CT molecular complexity index is 1870. The van der Waals surface area contributed by atoms with Crippen LogP contribution in [-0.2, 0) is 17.1 Å². The number of methoxy groups -OCH3 is 3. The van der Waals surface area contributed by atoms with Crippen LogP contribution in [0, 0.1) is 0 Å². The van der Waals surface area contributed by atoms with E-state index in [9.17, 15) is 13.2 Å². The minimum atomic E-state index is -4.00. The average molecular weight is 581 g/mol. The van der Waals surface area contributed by atoms with Gasteiger partial charge in [-0.25, -0.2) is 22.6 Å². The number of anilines is 1. The molecule has 5 aromatic rings. The van der Waals surface area contributed by atoms with Crippen LogP contribution >= 0.6 is 11.3 Å². The molecular formula is C26H24N6O6S2. The average Bonchev–Trinajstić information content (AvgIpc) is 3.54. The zero-order valence-electron chi connectivity index (χ0n) is 21.9. The van der Waals surface area contributed by atoms with Crippen molar-refractivity contribution in [1.82, 2.24) is 24.4 Å². The highest BCUT2D eigenvalue weighted by molar-refractivity contribution is 7.95. The molecule has 0 aliphatic heterocycles. The number of rotatable bonds is 9. The fourth-order valence-corrected chi connectivity index (χ4v) is 5.69. The molecule has 0 aliphatic rings. The molecule has 2 aromatic carbocycles. The van der Waals surface area contributed by atoms with E-state index in [-0.39, 0.29) is 16.8 Å². The summed E-state index contributed by atoms with van der Waals surface area (Å²) in [5.74, 6) is 1.23. The largest absolute Gasteiger partial charge is 0.496 e. The Hall–Kier alpha value is -4.69. The number of aromatic nitrogens is 5. The number of hydrogen-bond donors (Lipinski definition) is 1. The Morgan fingerprint density at radius 2 is 1.65 bits per heavy atom. The van der Waals surface area contributed by atoms with Crippen molar-refractivity contribution in [2.45, 2.75) is 0 Å². The zero-order valence-corrected chi connectivity index (χ0v) is 23.5. The van der Waals surface area contributed by atoms with Gasteiger partial charge in [0.2, 0.25) is 0 Å². The van der Waals surface area contributed by atoms with Gasteiger partial charge in [-0.15, -0.1) is 10.2 Å². The van der Waals surface area contributed by atoms with E-state index < -0.39 is 10.0 Å². The van der Waals surface area contributed by atoms with E-state index in [4.69, 9.17) is 14.2 Å². The van der Waals surface area contributed by atoms with Gasteiger partial charge in [-0.1, -0.05) is 41.7 Å². The lowest BCUT2D eigenvalue weighted by Gasteiger charge is -2.12. The molecule has 0 bridgehead atoms. The molecule has 0 radical (unpaired) electrons. The first kappa shape index (κ1) is 26.9. The molecule has 0 saturated carbocycles. The van der Waals surface area contributed by atoms with Crippen molar-refractivity contribution in [3.8, 4) is 38.4 Å². The van der Waals surface area contributed by atoms with Gasteiger partial charge in [-0.3, -0.25) is 9.52 Å². The smallest absolute Gasteiger partial charge is 0.279 e. The maximum absolute atomic E-state index is 13.1. The van der Waals surface area contributed by atoms with Gasteiger partial charge in [0.05, 0.1) is 50.4 Å². The summed E-state index contributed by atoms with van der Waals surface area (Å²) >= 11 is 1.27. The second-order valence-corrected chi connectivity index (χ2v) is 10.9. The number of benzene rings is 2. The Balaban J connectivity index is 1.45. The second-order valence-electron chi connectivity index (χ2n) is 8.39. The molecule has 0 fully saturated rings. The summed E-state index contributed by atoms with van der Waals surface area (Å²) in [6.45, 7) is 0. The van der Waals surface area contributed by atoms with Crippen LogP contribution in [0.2, 0.25) is 0 Å². The topological polar surface area (TPSA) is 139 Å². The summed E-state index contributed by atoms with van der Waals surface area (Å²) in [5, 5.41) is 10.5. The molecule has 0 unspecified atom stereocenters. The van der Waals surface area contributed by atoms with Crippen LogP contribution in [0.5, 0.6) is 17.2 Å². The minimum absolute atomic E-state index is 0.144. The molecule has 206 valence electrons. The number of hydrogen-bond acceptors (Lipinski definition) is 10. The molecule has 3 heterocycles. The van der Waals surface area contributed by atoms with Crippen LogP contribution in [0.25, 0.3) is 32.9 Å². The molecule has 12 nitrogen and oxygen atoms in total. The quantitative estimate of drug-likeness (QED) is 0.277. The lowest BCUT2D eigenvalue weighted by molar-refractivity contribution is 0.374. The van der Waals surface area contributed by atoms with Crippen molar-refractivity contribution in [2.75, 3.05) is 26.1 Å². The van der Waals surface area contributed by atoms with Crippen molar-refractivity contribution in [2.24, 2.45) is 7.05 Å². The summed E-state index contributed by atoms with van der Waals surface area (Å²) in [4.78, 5) is 17.5. The predicted molar refractivity (Wildman–Crippen MR) is 152 cm³/mol. The van der Waals surface area contributed by atoms with Gasteiger partial charge >= 0.3 is 0 Å². The van der Waals surface area contributed by atoms with Gasteiger partial charge in [-0.05, 0) is 6.08 Å². The third-order valence-corrected chi connectivity index (χ3v) is 7.95. The summed E-state index contributed by atoms with van der Waals surface area (Å²) in [5.41, 5.74) is 1.68. The molecule has 0 spiro atoms. The summed E-state index contributed by atoms with van der Waals surface area (Å²) in [7, 11) is 1.98. The van der Waals surface area contributed by atoms with E-state index in [1.54, 1.807) is 19.2 Å². The number of nitrogens with one attached hydrogen (secondary N) is 1. The van der Waals surface area contributed by atoms with Crippen molar-refractivity contribution in [1.29, 1.82) is 0 Å². The molecule has 14 heteroatoms. The molecule has 1 N–H and O–H groups in total. The monoisotopic (exact) mass is 580 g/mol. The normalized spacial score (nSPS) is 11.7. The first-order valence-electron chi connectivity index (χ1n) is 11.7. The maximum Gasteiger partial charge on any atom is 0.279 e. The minimum Gasteiger partial charge on any atom is -0.496 e. The van der Waals surface area contributed by atoms with Crippen LogP contribution in [0.15, 0.2) is 65.1 Å². The third kappa shape index (κ3) is 5.13. The molecule has 5 rings (SSSR count). The molecule has 0 amide bonds. The fraction of sp³-hybridized carbons (Fsp3) is 0.154. The van der Waals surface area contributed by atoms with Gasteiger partial charge in [0.15, 0.2) is 10.7 Å². The number of nitrogens with zero attached hydrogens (tertiary/aromatic N) is 5. The summed E-state index contributed by atoms with van der Waals surface area (Å²) in [6, 6.07) is 12.7. The summed E-state index contributed by atoms with van der Waals surface area (Å²) < 4.78 is 47.0. The highest BCUT2D eigenvalue weighted by atomic mass is 32.2. The van der Waals surface area contributed by atoms with E-state index in [0.29, 0.717) is 38.5 Å². The second kappa shape index (κ2) is 10.8. The Kier molecular flexibility index (Phi) is 7.28. The number of sulfonamides is 1. The van der Waals surface area contributed by atoms with Crippen molar-refractivity contribution in [3.05, 3.63) is 76.2 Å². The Labute approximate surface area is 233 Å². The van der Waals surface area contributed by atoms with Crippen molar-refractivity contribution in [3.63, 3.8) is 0 Å². The van der Waals surface area contributed by atoms with Gasteiger partial charge < -0.3 is 14.2 Å². The van der Waals surface area contributed by atoms with E-state index >= 15 is 0 Å². The number of ether oxygens (including phenoxy) is 3. The fourth-order valence-electron chi connectivity index (χ4n) is 3.99. The van der Waals surface area contributed by atoms with Crippen molar-refractivity contribution >= 4 is 38.8 Å². The molecule has 3 aromatic heterocycles. The third-order valence-electron chi connectivity index (χ3n) is 5.95. The summed E-state index contributed by atoms with van der Waals surface area (Å²) in [6.07, 6.45) is 4.15. The van der Waals surface area contributed by atoms with Gasteiger partial charge in [0.25, 0.3) is 15.6 Å². The Morgan fingerprint density at radius 1 is 0.975 bits per heavy atom. The van der Waals surface area contributed by atoms with Gasteiger partial charge in [0, 0.05) is 24.7 Å². The van der Waals surface area contributed by atoms with E-state index in [0.717, 1.165) is 11.0 Å². The first-order valence-corrected chi connectivity index (χ1v) is 14.1. The predicted octanol–water partition coefficient (Wildman–Crippen LogP) is 3.66. The van der Waals surface area contributed by atoms with Gasteiger partial charge in [0.1, 0.15) is 27.8 Å². The number of aryl methyl sites for hydroxylation is 1. The molecule has 0 atom stereocenters. The highest BCUT2D eigenvalue weighted by Crippen LogP contribution is 2.35. The van der Waals surface area contributed by atoms with Gasteiger partial charge in [-0.2, -0.15) is 0 Å². The van der Waals surface area contributed by atoms with Crippen molar-refractivity contribution < 1.29 is 22.6 Å². The van der Waals surface area contributed by atoms with E-state index in [2.05, 4.69) is 19.9 Å².